The third-order valence-corrected chi connectivity index (χ3v) is 3.42. The summed E-state index contributed by atoms with van der Waals surface area (Å²) >= 11 is 0. The van der Waals surface area contributed by atoms with Crippen LogP contribution in [-0.2, 0) is 19.7 Å². The highest BCUT2D eigenvalue weighted by Gasteiger charge is 2.54. The molecule has 0 atom stereocenters. The molecule has 1 saturated carbocycles. The highest BCUT2D eigenvalue weighted by molar-refractivity contribution is 7.87. The number of ether oxygens (including phenoxy) is 2. The molecule has 0 bridgehead atoms. The monoisotopic (exact) mass is 196 g/mol. The minimum Gasteiger partial charge on any atom is -0.347 e. The molecule has 4 nitrogen and oxygen atoms in total. The Morgan fingerprint density at radius 2 is 1.75 bits per heavy atom. The van der Waals surface area contributed by atoms with Crippen LogP contribution in [0.1, 0.15) is 12.8 Å². The van der Waals surface area contributed by atoms with E-state index in [-0.39, 0.29) is 12.8 Å². The SMILES string of the molecule is O=S(=O)(F)C1CC2(C1)OCCO2. The van der Waals surface area contributed by atoms with Gasteiger partial charge in [0.05, 0.1) is 13.2 Å². The van der Waals surface area contributed by atoms with Crippen molar-refractivity contribution in [3.63, 3.8) is 0 Å². The molecule has 0 aromatic heterocycles. The van der Waals surface area contributed by atoms with E-state index in [0.29, 0.717) is 13.2 Å². The van der Waals surface area contributed by atoms with Crippen molar-refractivity contribution in [1.29, 1.82) is 0 Å². The van der Waals surface area contributed by atoms with E-state index < -0.39 is 21.3 Å². The zero-order valence-electron chi connectivity index (χ0n) is 6.32. The average molecular weight is 196 g/mol. The van der Waals surface area contributed by atoms with Gasteiger partial charge in [-0.3, -0.25) is 0 Å². The van der Waals surface area contributed by atoms with Crippen molar-refractivity contribution in [2.75, 3.05) is 13.2 Å². The Kier molecular flexibility index (Phi) is 1.68. The van der Waals surface area contributed by atoms with Crippen LogP contribution < -0.4 is 0 Å². The summed E-state index contributed by atoms with van der Waals surface area (Å²) in [5.74, 6) is -0.774. The molecule has 1 heterocycles. The van der Waals surface area contributed by atoms with Crippen molar-refractivity contribution < 1.29 is 21.8 Å². The van der Waals surface area contributed by atoms with E-state index in [4.69, 9.17) is 9.47 Å². The Bertz CT molecular complexity index is 272. The lowest BCUT2D eigenvalue weighted by Gasteiger charge is -2.40. The first kappa shape index (κ1) is 8.40. The number of hydrogen-bond donors (Lipinski definition) is 0. The predicted molar refractivity (Wildman–Crippen MR) is 37.7 cm³/mol. The summed E-state index contributed by atoms with van der Waals surface area (Å²) in [5.41, 5.74) is 0. The quantitative estimate of drug-likeness (QED) is 0.562. The van der Waals surface area contributed by atoms with Gasteiger partial charge >= 0.3 is 10.2 Å². The molecular formula is C6H9FO4S. The van der Waals surface area contributed by atoms with Crippen LogP contribution in [0.5, 0.6) is 0 Å². The molecule has 70 valence electrons. The van der Waals surface area contributed by atoms with Gasteiger partial charge in [0.15, 0.2) is 5.79 Å². The molecule has 1 saturated heterocycles. The van der Waals surface area contributed by atoms with Gasteiger partial charge in [-0.15, -0.1) is 3.89 Å². The average Bonchev–Trinajstić information content (AvgIpc) is 2.27. The summed E-state index contributed by atoms with van der Waals surface area (Å²) in [6.45, 7) is 0.943. The van der Waals surface area contributed by atoms with Crippen LogP contribution in [0.25, 0.3) is 0 Å². The smallest absolute Gasteiger partial charge is 0.305 e. The highest BCUT2D eigenvalue weighted by atomic mass is 32.3. The molecule has 12 heavy (non-hydrogen) atoms. The van der Waals surface area contributed by atoms with Gasteiger partial charge in [-0.05, 0) is 0 Å². The number of halogens is 1. The molecule has 1 aliphatic heterocycles. The Morgan fingerprint density at radius 1 is 1.25 bits per heavy atom. The molecule has 1 aliphatic carbocycles. The van der Waals surface area contributed by atoms with E-state index in [9.17, 15) is 12.3 Å². The lowest BCUT2D eigenvalue weighted by Crippen LogP contribution is -2.50. The number of hydrogen-bond acceptors (Lipinski definition) is 4. The van der Waals surface area contributed by atoms with E-state index in [1.165, 1.54) is 0 Å². The van der Waals surface area contributed by atoms with E-state index in [1.54, 1.807) is 0 Å². The fourth-order valence-corrected chi connectivity index (χ4v) is 2.47. The Balaban J connectivity index is 1.99. The standard InChI is InChI=1S/C6H9FO4S/c7-12(8,9)5-3-6(4-5)10-1-2-11-6/h5H,1-4H2. The molecule has 1 spiro atoms. The topological polar surface area (TPSA) is 52.6 Å². The van der Waals surface area contributed by atoms with Crippen LogP contribution in [0.3, 0.4) is 0 Å². The first-order valence-corrected chi connectivity index (χ1v) is 5.18. The molecule has 0 amide bonds. The van der Waals surface area contributed by atoms with E-state index in [1.807, 2.05) is 0 Å². The summed E-state index contributed by atoms with van der Waals surface area (Å²) in [4.78, 5) is 0. The summed E-state index contributed by atoms with van der Waals surface area (Å²) in [6, 6.07) is 0. The molecule has 0 radical (unpaired) electrons. The summed E-state index contributed by atoms with van der Waals surface area (Å²) < 4.78 is 43.4. The Hall–Kier alpha value is -0.200. The van der Waals surface area contributed by atoms with Gasteiger partial charge in [0, 0.05) is 12.8 Å². The molecule has 0 N–H and O–H groups in total. The highest BCUT2D eigenvalue weighted by Crippen LogP contribution is 2.43. The minimum atomic E-state index is -4.39. The fourth-order valence-electron chi connectivity index (χ4n) is 1.57. The summed E-state index contributed by atoms with van der Waals surface area (Å²) in [7, 11) is -4.39. The van der Waals surface area contributed by atoms with Gasteiger partial charge in [0.2, 0.25) is 0 Å². The van der Waals surface area contributed by atoms with Crippen LogP contribution in [0.4, 0.5) is 3.89 Å². The Labute approximate surface area is 69.9 Å². The predicted octanol–water partition coefficient (Wildman–Crippen LogP) is 0.191. The molecule has 0 unspecified atom stereocenters. The van der Waals surface area contributed by atoms with Gasteiger partial charge in [0.25, 0.3) is 0 Å². The third kappa shape index (κ3) is 1.23. The second-order valence-corrected chi connectivity index (χ2v) is 4.73. The molecular weight excluding hydrogens is 187 g/mol. The molecule has 0 aromatic carbocycles. The van der Waals surface area contributed by atoms with Crippen LogP contribution >= 0.6 is 0 Å². The van der Waals surface area contributed by atoms with Crippen LogP contribution in [0.2, 0.25) is 0 Å². The van der Waals surface area contributed by atoms with E-state index in [2.05, 4.69) is 0 Å². The largest absolute Gasteiger partial charge is 0.347 e. The van der Waals surface area contributed by atoms with Crippen molar-refractivity contribution in [3.05, 3.63) is 0 Å². The van der Waals surface area contributed by atoms with Gasteiger partial charge in [-0.1, -0.05) is 0 Å². The maximum atomic E-state index is 12.3. The molecule has 2 rings (SSSR count). The van der Waals surface area contributed by atoms with Gasteiger partial charge in [-0.2, -0.15) is 8.42 Å². The zero-order valence-corrected chi connectivity index (χ0v) is 7.14. The normalized spacial score (nSPS) is 29.1. The van der Waals surface area contributed by atoms with Crippen molar-refractivity contribution in [1.82, 2.24) is 0 Å². The molecule has 2 fully saturated rings. The second kappa shape index (κ2) is 2.40. The maximum absolute atomic E-state index is 12.3. The van der Waals surface area contributed by atoms with Crippen molar-refractivity contribution in [2.45, 2.75) is 23.9 Å². The van der Waals surface area contributed by atoms with Crippen LogP contribution in [-0.4, -0.2) is 32.7 Å². The third-order valence-electron chi connectivity index (χ3n) is 2.29. The fraction of sp³-hybridized carbons (Fsp3) is 1.00. The van der Waals surface area contributed by atoms with Crippen LogP contribution in [0, 0.1) is 0 Å². The van der Waals surface area contributed by atoms with E-state index >= 15 is 0 Å². The first-order valence-electron chi connectivity index (χ1n) is 3.73. The molecule has 6 heteroatoms. The molecule has 2 aliphatic rings. The molecule has 0 aromatic rings. The maximum Gasteiger partial charge on any atom is 0.305 e. The van der Waals surface area contributed by atoms with Crippen molar-refractivity contribution in [2.24, 2.45) is 0 Å². The van der Waals surface area contributed by atoms with Crippen LogP contribution in [0.15, 0.2) is 0 Å². The minimum absolute atomic E-state index is 0.131. The van der Waals surface area contributed by atoms with Crippen molar-refractivity contribution in [3.8, 4) is 0 Å². The van der Waals surface area contributed by atoms with Gasteiger partial charge in [0.1, 0.15) is 5.25 Å². The van der Waals surface area contributed by atoms with Gasteiger partial charge in [-0.25, -0.2) is 0 Å². The number of rotatable bonds is 1. The lowest BCUT2D eigenvalue weighted by molar-refractivity contribution is -0.204. The summed E-state index contributed by atoms with van der Waals surface area (Å²) in [6.07, 6.45) is 0.262. The first-order chi connectivity index (χ1) is 5.52. The second-order valence-electron chi connectivity index (χ2n) is 3.11. The van der Waals surface area contributed by atoms with Gasteiger partial charge < -0.3 is 9.47 Å². The van der Waals surface area contributed by atoms with Crippen molar-refractivity contribution >= 4 is 10.2 Å². The zero-order chi connectivity index (χ0) is 8.82. The Morgan fingerprint density at radius 3 is 2.17 bits per heavy atom. The van der Waals surface area contributed by atoms with E-state index in [0.717, 1.165) is 0 Å². The lowest BCUT2D eigenvalue weighted by atomic mass is 9.91. The summed E-state index contributed by atoms with van der Waals surface area (Å²) in [5, 5.41) is -0.921.